The highest BCUT2D eigenvalue weighted by molar-refractivity contribution is 6.35. The number of nitrogens with two attached hydrogens (primary N) is 1. The first kappa shape index (κ1) is 15.6. The zero-order valence-electron chi connectivity index (χ0n) is 11.2. The summed E-state index contributed by atoms with van der Waals surface area (Å²) in [7, 11) is 0. The van der Waals surface area contributed by atoms with E-state index < -0.39 is 0 Å². The molecular weight excluding hydrogens is 311 g/mol. The molecule has 1 aromatic carbocycles. The van der Waals surface area contributed by atoms with E-state index in [1.165, 1.54) is 6.20 Å². The number of hydrazine groups is 1. The van der Waals surface area contributed by atoms with Crippen molar-refractivity contribution >= 4 is 34.8 Å². The fraction of sp³-hybridized carbons (Fsp3) is 0.143. The van der Waals surface area contributed by atoms with E-state index in [9.17, 15) is 4.79 Å². The van der Waals surface area contributed by atoms with Gasteiger partial charge >= 0.3 is 0 Å². The Kier molecular flexibility index (Phi) is 5.01. The highest BCUT2D eigenvalue weighted by Gasteiger charge is 2.15. The van der Waals surface area contributed by atoms with Gasteiger partial charge in [-0.25, -0.2) is 4.98 Å². The van der Waals surface area contributed by atoms with E-state index in [1.807, 2.05) is 6.92 Å². The van der Waals surface area contributed by atoms with Gasteiger partial charge in [-0.3, -0.25) is 10.6 Å². The average Bonchev–Trinajstić information content (AvgIpc) is 2.47. The van der Waals surface area contributed by atoms with E-state index in [1.54, 1.807) is 30.3 Å². The van der Waals surface area contributed by atoms with Crippen molar-refractivity contribution < 1.29 is 4.79 Å². The maximum Gasteiger partial charge on any atom is 0.270 e. The smallest absolute Gasteiger partial charge is 0.270 e. The molecule has 0 aliphatic heterocycles. The lowest BCUT2D eigenvalue weighted by Crippen LogP contribution is -2.27. The zero-order valence-corrected chi connectivity index (χ0v) is 12.7. The minimum absolute atomic E-state index is 0.267. The molecule has 0 fully saturated rings. The molecule has 1 atom stereocenters. The predicted molar refractivity (Wildman–Crippen MR) is 84.4 cm³/mol. The maximum atomic E-state index is 12.1. The van der Waals surface area contributed by atoms with Gasteiger partial charge in [0.2, 0.25) is 0 Å². The number of amides is 1. The summed E-state index contributed by atoms with van der Waals surface area (Å²) in [5.74, 6) is 4.95. The van der Waals surface area contributed by atoms with Gasteiger partial charge in [0.05, 0.1) is 17.9 Å². The van der Waals surface area contributed by atoms with Crippen LogP contribution < -0.4 is 16.6 Å². The van der Waals surface area contributed by atoms with E-state index in [0.29, 0.717) is 21.4 Å². The quantitative estimate of drug-likeness (QED) is 0.596. The Morgan fingerprint density at radius 3 is 2.62 bits per heavy atom. The van der Waals surface area contributed by atoms with Crippen LogP contribution in [-0.4, -0.2) is 10.9 Å². The standard InChI is InChI=1S/C14H14Cl2N4O/c1-8(11-4-2-9(15)6-12(11)16)19-14(21)13-5-3-10(20-17)7-18-13/h2-8,20H,17H2,1H3,(H,19,21). The first-order valence-electron chi connectivity index (χ1n) is 6.19. The molecule has 0 radical (unpaired) electrons. The third-order valence-corrected chi connectivity index (χ3v) is 3.50. The Bertz CT molecular complexity index is 646. The molecule has 0 aliphatic carbocycles. The van der Waals surface area contributed by atoms with E-state index in [4.69, 9.17) is 29.0 Å². The Morgan fingerprint density at radius 2 is 2.05 bits per heavy atom. The van der Waals surface area contributed by atoms with E-state index in [0.717, 1.165) is 5.56 Å². The molecular formula is C14H14Cl2N4O. The number of aromatic nitrogens is 1. The molecule has 0 saturated carbocycles. The predicted octanol–water partition coefficient (Wildman–Crippen LogP) is 3.17. The van der Waals surface area contributed by atoms with Crippen molar-refractivity contribution in [2.45, 2.75) is 13.0 Å². The third kappa shape index (κ3) is 3.85. The highest BCUT2D eigenvalue weighted by atomic mass is 35.5. The Labute approximate surface area is 132 Å². The van der Waals surface area contributed by atoms with E-state index in [-0.39, 0.29) is 11.9 Å². The van der Waals surface area contributed by atoms with Crippen LogP contribution in [0.15, 0.2) is 36.5 Å². The molecule has 110 valence electrons. The fourth-order valence-corrected chi connectivity index (χ4v) is 2.39. The molecule has 2 rings (SSSR count). The van der Waals surface area contributed by atoms with E-state index >= 15 is 0 Å². The minimum Gasteiger partial charge on any atom is -0.344 e. The monoisotopic (exact) mass is 324 g/mol. The van der Waals surface area contributed by atoms with Gasteiger partial charge in [-0.15, -0.1) is 0 Å². The summed E-state index contributed by atoms with van der Waals surface area (Å²) >= 11 is 12.0. The maximum absolute atomic E-state index is 12.1. The van der Waals surface area contributed by atoms with Crippen molar-refractivity contribution in [3.05, 3.63) is 57.8 Å². The first-order valence-corrected chi connectivity index (χ1v) is 6.95. The molecule has 0 spiro atoms. The van der Waals surface area contributed by atoms with E-state index in [2.05, 4.69) is 15.7 Å². The van der Waals surface area contributed by atoms with Crippen molar-refractivity contribution in [1.82, 2.24) is 10.3 Å². The number of carbonyl (C=O) groups is 1. The molecule has 21 heavy (non-hydrogen) atoms. The number of anilines is 1. The molecule has 4 N–H and O–H groups in total. The number of nitrogen functional groups attached to an aromatic ring is 1. The van der Waals surface area contributed by atoms with Crippen LogP contribution in [0.4, 0.5) is 5.69 Å². The summed E-state index contributed by atoms with van der Waals surface area (Å²) < 4.78 is 0. The molecule has 1 aromatic heterocycles. The Hall–Kier alpha value is -1.82. The van der Waals surface area contributed by atoms with Gasteiger partial charge in [-0.1, -0.05) is 29.3 Å². The molecule has 5 nitrogen and oxygen atoms in total. The van der Waals surface area contributed by atoms with Crippen LogP contribution in [0, 0.1) is 0 Å². The number of hydrogen-bond acceptors (Lipinski definition) is 4. The number of pyridine rings is 1. The van der Waals surface area contributed by atoms with Crippen LogP contribution in [-0.2, 0) is 0 Å². The first-order chi connectivity index (χ1) is 10.0. The molecule has 1 unspecified atom stereocenters. The molecule has 2 aromatic rings. The second-order valence-electron chi connectivity index (χ2n) is 4.44. The molecule has 0 saturated heterocycles. The Balaban J connectivity index is 2.10. The molecule has 0 aliphatic rings. The SMILES string of the molecule is CC(NC(=O)c1ccc(NN)cn1)c1ccc(Cl)cc1Cl. The number of halogens is 2. The van der Waals surface area contributed by atoms with Gasteiger partial charge in [-0.2, -0.15) is 0 Å². The topological polar surface area (TPSA) is 80.0 Å². The lowest BCUT2D eigenvalue weighted by molar-refractivity contribution is 0.0935. The van der Waals surface area contributed by atoms with Crippen molar-refractivity contribution in [2.75, 3.05) is 5.43 Å². The summed E-state index contributed by atoms with van der Waals surface area (Å²) in [5.41, 5.74) is 4.16. The lowest BCUT2D eigenvalue weighted by Gasteiger charge is -2.15. The summed E-state index contributed by atoms with van der Waals surface area (Å²) in [6.07, 6.45) is 1.48. The van der Waals surface area contributed by atoms with Gasteiger partial charge in [0.1, 0.15) is 5.69 Å². The number of nitrogens with one attached hydrogen (secondary N) is 2. The van der Waals surface area contributed by atoms with Gasteiger partial charge in [0, 0.05) is 10.0 Å². The Morgan fingerprint density at radius 1 is 1.29 bits per heavy atom. The highest BCUT2D eigenvalue weighted by Crippen LogP contribution is 2.26. The van der Waals surface area contributed by atoms with Crippen LogP contribution in [0.1, 0.15) is 29.0 Å². The van der Waals surface area contributed by atoms with Crippen LogP contribution in [0.25, 0.3) is 0 Å². The van der Waals surface area contributed by atoms with Crippen LogP contribution in [0.5, 0.6) is 0 Å². The van der Waals surface area contributed by atoms with Gasteiger partial charge in [-0.05, 0) is 36.8 Å². The van der Waals surface area contributed by atoms with Gasteiger partial charge in [0.15, 0.2) is 0 Å². The van der Waals surface area contributed by atoms with Gasteiger partial charge < -0.3 is 10.7 Å². The number of hydrogen-bond donors (Lipinski definition) is 3. The third-order valence-electron chi connectivity index (χ3n) is 2.94. The summed E-state index contributed by atoms with van der Waals surface area (Å²) in [4.78, 5) is 16.1. The van der Waals surface area contributed by atoms with Crippen molar-refractivity contribution in [3.8, 4) is 0 Å². The normalized spacial score (nSPS) is 11.8. The molecule has 1 amide bonds. The minimum atomic E-state index is -0.294. The second-order valence-corrected chi connectivity index (χ2v) is 5.28. The van der Waals surface area contributed by atoms with Crippen LogP contribution >= 0.6 is 23.2 Å². The number of rotatable bonds is 4. The lowest BCUT2D eigenvalue weighted by atomic mass is 10.1. The largest absolute Gasteiger partial charge is 0.344 e. The van der Waals surface area contributed by atoms with Crippen molar-refractivity contribution in [2.24, 2.45) is 5.84 Å². The van der Waals surface area contributed by atoms with Crippen LogP contribution in [0.2, 0.25) is 10.0 Å². The van der Waals surface area contributed by atoms with Crippen molar-refractivity contribution in [1.29, 1.82) is 0 Å². The summed E-state index contributed by atoms with van der Waals surface area (Å²) in [6, 6.07) is 8.14. The number of benzene rings is 1. The summed E-state index contributed by atoms with van der Waals surface area (Å²) in [6.45, 7) is 1.84. The summed E-state index contributed by atoms with van der Waals surface area (Å²) in [5, 5.41) is 3.88. The van der Waals surface area contributed by atoms with Gasteiger partial charge in [0.25, 0.3) is 5.91 Å². The van der Waals surface area contributed by atoms with Crippen LogP contribution in [0.3, 0.4) is 0 Å². The second kappa shape index (κ2) is 6.76. The average molecular weight is 325 g/mol. The molecule has 7 heteroatoms. The zero-order chi connectivity index (χ0) is 15.4. The van der Waals surface area contributed by atoms with Crippen molar-refractivity contribution in [3.63, 3.8) is 0 Å². The number of nitrogens with zero attached hydrogens (tertiary/aromatic N) is 1. The molecule has 0 bridgehead atoms. The molecule has 1 heterocycles. The number of carbonyl (C=O) groups excluding carboxylic acids is 1. The fourth-order valence-electron chi connectivity index (χ4n) is 1.81.